The van der Waals surface area contributed by atoms with Crippen molar-refractivity contribution in [3.05, 3.63) is 60.7 Å². The number of rotatable bonds is 12. The smallest absolute Gasteiger partial charge is 0.491 e. The molecule has 0 atom stereocenters. The molecule has 0 saturated carbocycles. The normalized spacial score (nSPS) is 15.5. The summed E-state index contributed by atoms with van der Waals surface area (Å²) in [6.45, 7) is 0. The molecule has 0 aliphatic heterocycles. The lowest BCUT2D eigenvalue weighted by molar-refractivity contribution is -0.458. The average molecular weight is 904 g/mol. The van der Waals surface area contributed by atoms with Gasteiger partial charge in [0.1, 0.15) is 10.9 Å². The summed E-state index contributed by atoms with van der Waals surface area (Å²) in [7, 11) is -11.2. The van der Waals surface area contributed by atoms with Gasteiger partial charge in [0.2, 0.25) is 0 Å². The monoisotopic (exact) mass is 904 g/mol. The van der Waals surface area contributed by atoms with Crippen molar-refractivity contribution < 1.29 is 127 Å². The Labute approximate surface area is 289 Å². The molecule has 0 spiro atoms. The minimum absolute atomic E-state index is 0.499. The van der Waals surface area contributed by atoms with E-state index in [-0.39, 0.29) is 0 Å². The summed E-state index contributed by atoms with van der Waals surface area (Å²) in [6, 6.07) is 11.3. The fourth-order valence-corrected chi connectivity index (χ4v) is 5.89. The number of halogens is 26. The predicted molar refractivity (Wildman–Crippen MR) is 128 cm³/mol. The number of hydrogen-bond donors (Lipinski definition) is 0. The number of alkyl halides is 26. The fourth-order valence-electron chi connectivity index (χ4n) is 3.34. The first-order chi connectivity index (χ1) is 23.8. The molecule has 2 rings (SSSR count). The van der Waals surface area contributed by atoms with Crippen molar-refractivity contribution >= 4 is 21.0 Å². The minimum atomic E-state index is -8.92. The standard InChI is InChI=1S/C16H10F9S.C8HF17O3S/c17-13(18,15(21,22)23)14(19,20)16(24,25)26(11-7-3-1-4-8-11)12-9-5-2-6-10-12;9-1(10,3(13,14)5(17,18)7(21,22)23)2(11,12)4(15,16)6(19,20)8(24,25)29(26,27)28/h1-10H;(H,26,27,28)/q+1;/p-1. The molecule has 0 aromatic heterocycles. The van der Waals surface area contributed by atoms with E-state index in [1.54, 1.807) is 0 Å². The Morgan fingerprint density at radius 2 is 0.600 bits per heavy atom. The third kappa shape index (κ3) is 7.67. The van der Waals surface area contributed by atoms with Crippen LogP contribution in [0.5, 0.6) is 0 Å². The number of hydrogen-bond acceptors (Lipinski definition) is 3. The second kappa shape index (κ2) is 14.4. The molecule has 0 N–H and O–H groups in total. The summed E-state index contributed by atoms with van der Waals surface area (Å²) in [5.74, 6) is -65.7. The van der Waals surface area contributed by atoms with Crippen LogP contribution in [0, 0.1) is 0 Å². The van der Waals surface area contributed by atoms with Crippen LogP contribution in [0.15, 0.2) is 70.5 Å². The van der Waals surface area contributed by atoms with Gasteiger partial charge in [-0.25, -0.2) is 8.42 Å². The van der Waals surface area contributed by atoms with Crippen LogP contribution in [-0.4, -0.2) is 83.2 Å². The Kier molecular flexibility index (Phi) is 13.0. The highest BCUT2D eigenvalue weighted by Crippen LogP contribution is 2.64. The summed E-state index contributed by atoms with van der Waals surface area (Å²) < 4.78 is 365. The summed E-state index contributed by atoms with van der Waals surface area (Å²) in [5, 5.41) is -13.7. The molecule has 31 heteroatoms. The van der Waals surface area contributed by atoms with Gasteiger partial charge in [0, 0.05) is 0 Å². The summed E-state index contributed by atoms with van der Waals surface area (Å²) in [6.07, 6.45) is -14.7. The molecular weight excluding hydrogens is 894 g/mol. The predicted octanol–water partition coefficient (Wildman–Crippen LogP) is 10.6. The van der Waals surface area contributed by atoms with E-state index in [0.717, 1.165) is 24.3 Å². The van der Waals surface area contributed by atoms with E-state index < -0.39 is 101 Å². The van der Waals surface area contributed by atoms with Gasteiger partial charge in [0.05, 0.1) is 0 Å². The molecule has 2 aromatic rings. The zero-order chi connectivity index (χ0) is 44.3. The van der Waals surface area contributed by atoms with Crippen LogP contribution in [-0.2, 0) is 21.0 Å². The zero-order valence-electron chi connectivity index (χ0n) is 24.6. The molecule has 0 amide bonds. The van der Waals surface area contributed by atoms with Gasteiger partial charge in [-0.05, 0) is 24.3 Å². The Morgan fingerprint density at radius 3 is 0.855 bits per heavy atom. The largest absolute Gasteiger partial charge is 0.743 e. The first-order valence-electron chi connectivity index (χ1n) is 12.6. The van der Waals surface area contributed by atoms with Gasteiger partial charge in [-0.2, -0.15) is 105 Å². The topological polar surface area (TPSA) is 57.2 Å². The lowest BCUT2D eigenvalue weighted by atomic mass is 9.91. The van der Waals surface area contributed by atoms with Gasteiger partial charge in [-0.15, -0.1) is 8.78 Å². The summed E-state index contributed by atoms with van der Waals surface area (Å²) in [4.78, 5) is -0.998. The van der Waals surface area contributed by atoms with Crippen LogP contribution in [0.25, 0.3) is 0 Å². The van der Waals surface area contributed by atoms with Crippen molar-refractivity contribution in [2.24, 2.45) is 0 Å². The SMILES string of the molecule is FC(F)(F)C(F)(F)C(F)(F)C(F)(F)[S+](c1ccccc1)c1ccccc1.O=S(=O)([O-])C(F)(F)C(F)(F)C(F)(F)C(F)(F)C(F)(F)C(F)(F)C(F)(F)C(F)(F)F. The second-order valence-electron chi connectivity index (χ2n) is 10.0. The molecule has 3 nitrogen and oxygen atoms in total. The van der Waals surface area contributed by atoms with Crippen LogP contribution in [0.4, 0.5) is 114 Å². The Balaban J connectivity index is 0.000000552. The van der Waals surface area contributed by atoms with Gasteiger partial charge in [0.15, 0.2) is 19.9 Å². The molecule has 0 saturated heterocycles. The highest BCUT2D eigenvalue weighted by Gasteiger charge is 2.96. The highest BCUT2D eigenvalue weighted by atomic mass is 32.2. The minimum Gasteiger partial charge on any atom is -0.743 e. The van der Waals surface area contributed by atoms with Crippen molar-refractivity contribution in [3.63, 3.8) is 0 Å². The van der Waals surface area contributed by atoms with Crippen LogP contribution in [0.1, 0.15) is 0 Å². The van der Waals surface area contributed by atoms with E-state index in [9.17, 15) is 127 Å². The van der Waals surface area contributed by atoms with Crippen LogP contribution < -0.4 is 0 Å². The van der Waals surface area contributed by atoms with E-state index in [4.69, 9.17) is 0 Å². The Bertz CT molecular complexity index is 1680. The van der Waals surface area contributed by atoms with Crippen molar-refractivity contribution in [1.82, 2.24) is 0 Å². The van der Waals surface area contributed by atoms with Crippen LogP contribution >= 0.6 is 0 Å². The van der Waals surface area contributed by atoms with Crippen LogP contribution in [0.2, 0.25) is 0 Å². The molecule has 2 aromatic carbocycles. The molecule has 0 heterocycles. The molecular formula is C24H10F26O3S2. The number of benzene rings is 2. The first kappa shape index (κ1) is 49.9. The van der Waals surface area contributed by atoms with E-state index in [2.05, 4.69) is 0 Å². The molecule has 0 fully saturated rings. The van der Waals surface area contributed by atoms with E-state index >= 15 is 0 Å². The maximum absolute atomic E-state index is 14.5. The lowest BCUT2D eigenvalue weighted by Gasteiger charge is -2.42. The average Bonchev–Trinajstić information content (AvgIpc) is 3.00. The maximum atomic E-state index is 14.5. The molecule has 318 valence electrons. The quantitative estimate of drug-likeness (QED) is 0.121. The highest BCUT2D eigenvalue weighted by molar-refractivity contribution is 7.98. The first-order valence-corrected chi connectivity index (χ1v) is 15.2. The molecule has 0 bridgehead atoms. The second-order valence-corrected chi connectivity index (χ2v) is 13.5. The Hall–Kier alpha value is -3.12. The van der Waals surface area contributed by atoms with Gasteiger partial charge in [-0.1, -0.05) is 36.4 Å². The lowest BCUT2D eigenvalue weighted by Crippen LogP contribution is -2.75. The van der Waals surface area contributed by atoms with Gasteiger partial charge >= 0.3 is 70.2 Å². The van der Waals surface area contributed by atoms with Crippen molar-refractivity contribution in [1.29, 1.82) is 0 Å². The maximum Gasteiger partial charge on any atom is 0.491 e. The van der Waals surface area contributed by atoms with Gasteiger partial charge in [-0.3, -0.25) is 0 Å². The molecule has 0 aliphatic carbocycles. The molecule has 0 radical (unpaired) electrons. The van der Waals surface area contributed by atoms with Gasteiger partial charge in [0.25, 0.3) is 0 Å². The van der Waals surface area contributed by atoms with Crippen molar-refractivity contribution in [2.75, 3.05) is 0 Å². The molecule has 0 aliphatic rings. The molecule has 0 unspecified atom stereocenters. The zero-order valence-corrected chi connectivity index (χ0v) is 26.3. The summed E-state index contributed by atoms with van der Waals surface area (Å²) in [5.41, 5.74) is 0. The van der Waals surface area contributed by atoms with Crippen LogP contribution in [0.3, 0.4) is 0 Å². The van der Waals surface area contributed by atoms with Gasteiger partial charge < -0.3 is 4.55 Å². The van der Waals surface area contributed by atoms with Crippen molar-refractivity contribution in [2.45, 2.75) is 80.0 Å². The third-order valence-corrected chi connectivity index (χ3v) is 9.48. The van der Waals surface area contributed by atoms with E-state index in [0.29, 0.717) is 0 Å². The van der Waals surface area contributed by atoms with Crippen molar-refractivity contribution in [3.8, 4) is 0 Å². The fraction of sp³-hybridized carbons (Fsp3) is 0.500. The molecule has 55 heavy (non-hydrogen) atoms. The summed E-state index contributed by atoms with van der Waals surface area (Å²) >= 11 is 0. The van der Waals surface area contributed by atoms with E-state index in [1.807, 2.05) is 0 Å². The van der Waals surface area contributed by atoms with E-state index in [1.165, 1.54) is 36.4 Å². The Morgan fingerprint density at radius 1 is 0.364 bits per heavy atom. The third-order valence-electron chi connectivity index (χ3n) is 6.34.